The normalized spacial score (nSPS) is 10.7. The number of hydrogen-bond acceptors (Lipinski definition) is 4. The number of fused-ring (bicyclic) bond motifs is 1. The first kappa shape index (κ1) is 13.1. The van der Waals surface area contributed by atoms with Crippen LogP contribution < -0.4 is 10.7 Å². The topological polar surface area (TPSA) is 79.8 Å². The van der Waals surface area contributed by atoms with Crippen molar-refractivity contribution in [3.63, 3.8) is 0 Å². The van der Waals surface area contributed by atoms with Crippen molar-refractivity contribution in [2.45, 2.75) is 6.54 Å². The highest BCUT2D eigenvalue weighted by atomic mass is 16.1. The predicted molar refractivity (Wildman–Crippen MR) is 80.5 cm³/mol. The van der Waals surface area contributed by atoms with Gasteiger partial charge < -0.3 is 14.9 Å². The van der Waals surface area contributed by atoms with E-state index in [1.54, 1.807) is 29.2 Å². The molecule has 1 aromatic carbocycles. The number of rotatable bonds is 4. The Kier molecular flexibility index (Phi) is 3.27. The Morgan fingerprint density at radius 1 is 1.43 bits per heavy atom. The molecule has 0 aliphatic rings. The van der Waals surface area contributed by atoms with Gasteiger partial charge in [-0.3, -0.25) is 9.59 Å². The smallest absolute Gasteiger partial charge is 0.200 e. The second-order valence-corrected chi connectivity index (χ2v) is 4.79. The van der Waals surface area contributed by atoms with Gasteiger partial charge in [0, 0.05) is 37.6 Å². The van der Waals surface area contributed by atoms with E-state index in [0.29, 0.717) is 24.2 Å². The van der Waals surface area contributed by atoms with Crippen molar-refractivity contribution < 1.29 is 4.79 Å². The van der Waals surface area contributed by atoms with Gasteiger partial charge in [0.2, 0.25) is 0 Å². The van der Waals surface area contributed by atoms with Crippen LogP contribution in [-0.4, -0.2) is 20.8 Å². The number of hydrogen-bond donors (Lipinski definition) is 2. The number of aryl methyl sites for hydroxylation is 1. The van der Waals surface area contributed by atoms with Gasteiger partial charge in [-0.2, -0.15) is 0 Å². The second kappa shape index (κ2) is 5.24. The molecule has 3 aromatic rings. The summed E-state index contributed by atoms with van der Waals surface area (Å²) >= 11 is 0. The van der Waals surface area contributed by atoms with Crippen molar-refractivity contribution in [1.82, 2.24) is 14.5 Å². The first-order chi connectivity index (χ1) is 10.2. The zero-order chi connectivity index (χ0) is 14.8. The van der Waals surface area contributed by atoms with Gasteiger partial charge in [-0.05, 0) is 17.7 Å². The fraction of sp³-hybridized carbons (Fsp3) is 0.133. The van der Waals surface area contributed by atoms with Gasteiger partial charge in [-0.1, -0.05) is 6.07 Å². The molecule has 6 heteroatoms. The third kappa shape index (κ3) is 2.43. The molecule has 0 aliphatic carbocycles. The van der Waals surface area contributed by atoms with E-state index in [4.69, 9.17) is 0 Å². The van der Waals surface area contributed by atoms with Crippen LogP contribution in [-0.2, 0) is 13.6 Å². The number of aldehydes is 1. The summed E-state index contributed by atoms with van der Waals surface area (Å²) < 4.78 is 1.79. The van der Waals surface area contributed by atoms with Crippen LogP contribution in [0, 0.1) is 0 Å². The maximum Gasteiger partial charge on any atom is 0.200 e. The van der Waals surface area contributed by atoms with Crippen LogP contribution in [0.3, 0.4) is 0 Å². The lowest BCUT2D eigenvalue weighted by Crippen LogP contribution is -2.13. The van der Waals surface area contributed by atoms with Gasteiger partial charge in [0.1, 0.15) is 0 Å². The second-order valence-electron chi connectivity index (χ2n) is 4.79. The van der Waals surface area contributed by atoms with Gasteiger partial charge in [-0.25, -0.2) is 4.98 Å². The van der Waals surface area contributed by atoms with E-state index in [2.05, 4.69) is 15.3 Å². The number of nitrogens with one attached hydrogen (secondary N) is 2. The highest BCUT2D eigenvalue weighted by molar-refractivity contribution is 5.86. The van der Waals surface area contributed by atoms with E-state index in [0.717, 1.165) is 11.1 Å². The molecule has 3 rings (SSSR count). The minimum atomic E-state index is -0.233. The molecule has 0 aliphatic heterocycles. The Labute approximate surface area is 120 Å². The summed E-state index contributed by atoms with van der Waals surface area (Å²) in [5, 5.41) is 3.70. The molecule has 2 heterocycles. The number of H-pyrrole nitrogens is 1. The molecule has 2 aromatic heterocycles. The van der Waals surface area contributed by atoms with E-state index in [1.807, 2.05) is 19.2 Å². The molecule has 0 atom stereocenters. The number of anilines is 1. The number of aromatic nitrogens is 3. The number of pyridine rings is 1. The lowest BCUT2D eigenvalue weighted by molar-refractivity contribution is 0.112. The van der Waals surface area contributed by atoms with Gasteiger partial charge in [0.15, 0.2) is 17.7 Å². The van der Waals surface area contributed by atoms with Gasteiger partial charge in [0.05, 0.1) is 11.1 Å². The number of carbonyl (C=O) groups excluding carboxylic acids is 1. The van der Waals surface area contributed by atoms with Crippen LogP contribution in [0.1, 0.15) is 15.9 Å². The van der Waals surface area contributed by atoms with Crippen LogP contribution in [0.25, 0.3) is 10.9 Å². The fourth-order valence-corrected chi connectivity index (χ4v) is 2.29. The van der Waals surface area contributed by atoms with Crippen LogP contribution in [0.2, 0.25) is 0 Å². The Morgan fingerprint density at radius 3 is 3.00 bits per heavy atom. The Hall–Kier alpha value is -2.89. The van der Waals surface area contributed by atoms with Crippen molar-refractivity contribution in [1.29, 1.82) is 0 Å². The van der Waals surface area contributed by atoms with Crippen LogP contribution in [0.4, 0.5) is 5.95 Å². The Morgan fingerprint density at radius 2 is 2.29 bits per heavy atom. The van der Waals surface area contributed by atoms with E-state index < -0.39 is 0 Å². The Bertz CT molecular complexity index is 850. The molecule has 0 spiro atoms. The molecular formula is C15H14N4O2. The standard InChI is InChI=1S/C15H14N4O2/c1-19-8-11(9-20)14(21)12-3-2-10(6-13(12)19)7-18-15-16-4-5-17-15/h2-6,8-9H,7H2,1H3,(H2,16,17,18). The largest absolute Gasteiger partial charge is 0.352 e. The molecule has 0 fully saturated rings. The van der Waals surface area contributed by atoms with E-state index in [1.165, 1.54) is 0 Å². The van der Waals surface area contributed by atoms with Crippen LogP contribution >= 0.6 is 0 Å². The third-order valence-electron chi connectivity index (χ3n) is 3.37. The molecule has 0 radical (unpaired) electrons. The summed E-state index contributed by atoms with van der Waals surface area (Å²) in [5.41, 5.74) is 1.76. The molecule has 0 unspecified atom stereocenters. The van der Waals surface area contributed by atoms with Crippen molar-refractivity contribution >= 4 is 23.1 Å². The first-order valence-electron chi connectivity index (χ1n) is 6.50. The predicted octanol–water partition coefficient (Wildman–Crippen LogP) is 1.69. The minimum Gasteiger partial charge on any atom is -0.352 e. The molecule has 2 N–H and O–H groups in total. The highest BCUT2D eigenvalue weighted by Crippen LogP contribution is 2.14. The van der Waals surface area contributed by atoms with Crippen molar-refractivity contribution in [3.05, 3.63) is 58.1 Å². The maximum atomic E-state index is 12.1. The number of aromatic amines is 1. The molecule has 21 heavy (non-hydrogen) atoms. The van der Waals surface area contributed by atoms with Gasteiger partial charge in [-0.15, -0.1) is 0 Å². The first-order valence-corrected chi connectivity index (χ1v) is 6.50. The van der Waals surface area contributed by atoms with Crippen molar-refractivity contribution in [2.75, 3.05) is 5.32 Å². The number of imidazole rings is 1. The summed E-state index contributed by atoms with van der Waals surface area (Å²) in [5.74, 6) is 0.695. The van der Waals surface area contributed by atoms with E-state index in [-0.39, 0.29) is 11.0 Å². The van der Waals surface area contributed by atoms with Gasteiger partial charge in [0.25, 0.3) is 0 Å². The number of carbonyl (C=O) groups is 1. The molecule has 0 bridgehead atoms. The molecular weight excluding hydrogens is 268 g/mol. The lowest BCUT2D eigenvalue weighted by Gasteiger charge is -2.09. The minimum absolute atomic E-state index is 0.173. The van der Waals surface area contributed by atoms with Crippen molar-refractivity contribution in [3.8, 4) is 0 Å². The summed E-state index contributed by atoms with van der Waals surface area (Å²) in [4.78, 5) is 30.0. The summed E-state index contributed by atoms with van der Waals surface area (Å²) in [7, 11) is 1.82. The SMILES string of the molecule is Cn1cc(C=O)c(=O)c2ccc(CNc3ncc[nH]3)cc21. The summed E-state index contributed by atoms with van der Waals surface area (Å²) in [6.45, 7) is 0.590. The molecule has 0 saturated carbocycles. The van der Waals surface area contributed by atoms with Crippen LogP contribution in [0.5, 0.6) is 0 Å². The monoisotopic (exact) mass is 282 g/mol. The average molecular weight is 282 g/mol. The van der Waals surface area contributed by atoms with E-state index in [9.17, 15) is 9.59 Å². The number of benzene rings is 1. The highest BCUT2D eigenvalue weighted by Gasteiger charge is 2.07. The van der Waals surface area contributed by atoms with Gasteiger partial charge >= 0.3 is 0 Å². The number of nitrogens with zero attached hydrogens (tertiary/aromatic N) is 2. The lowest BCUT2D eigenvalue weighted by atomic mass is 10.1. The zero-order valence-electron chi connectivity index (χ0n) is 11.5. The average Bonchev–Trinajstić information content (AvgIpc) is 3.02. The van der Waals surface area contributed by atoms with E-state index >= 15 is 0 Å². The molecule has 0 amide bonds. The Balaban J connectivity index is 1.98. The molecule has 106 valence electrons. The summed E-state index contributed by atoms with van der Waals surface area (Å²) in [6, 6.07) is 5.55. The molecule has 0 saturated heterocycles. The van der Waals surface area contributed by atoms with Crippen LogP contribution in [0.15, 0.2) is 41.6 Å². The maximum absolute atomic E-state index is 12.1. The fourth-order valence-electron chi connectivity index (χ4n) is 2.29. The quantitative estimate of drug-likeness (QED) is 0.714. The summed E-state index contributed by atoms with van der Waals surface area (Å²) in [6.07, 6.45) is 5.57. The van der Waals surface area contributed by atoms with Crippen molar-refractivity contribution in [2.24, 2.45) is 7.05 Å². The zero-order valence-corrected chi connectivity index (χ0v) is 11.5. The third-order valence-corrected chi connectivity index (χ3v) is 3.37. The molecule has 6 nitrogen and oxygen atoms in total.